The molecule has 2 aromatic rings. The van der Waals surface area contributed by atoms with Gasteiger partial charge in [-0.1, -0.05) is 0 Å². The predicted octanol–water partition coefficient (Wildman–Crippen LogP) is 2.67. The van der Waals surface area contributed by atoms with Crippen molar-refractivity contribution in [3.63, 3.8) is 0 Å². The Kier molecular flexibility index (Phi) is 3.74. The number of hydrogen-bond donors (Lipinski definition) is 1. The third kappa shape index (κ3) is 3.07. The van der Waals surface area contributed by atoms with E-state index in [0.717, 1.165) is 31.2 Å². The minimum absolute atomic E-state index is 0.0341. The van der Waals surface area contributed by atoms with Gasteiger partial charge in [-0.15, -0.1) is 0 Å². The molecule has 1 N–H and O–H groups in total. The summed E-state index contributed by atoms with van der Waals surface area (Å²) in [7, 11) is 0. The number of nitrogens with one attached hydrogen (secondary N) is 1. The van der Waals surface area contributed by atoms with Gasteiger partial charge in [-0.25, -0.2) is 4.68 Å². The van der Waals surface area contributed by atoms with Crippen LogP contribution in [0.25, 0.3) is 5.69 Å². The monoisotopic (exact) mass is 340 g/mol. The molecule has 1 fully saturated rings. The largest absolute Gasteiger partial charge is 0.433 e. The predicted molar refractivity (Wildman–Crippen MR) is 78.7 cm³/mol. The van der Waals surface area contributed by atoms with Gasteiger partial charge in [0, 0.05) is 18.3 Å². The Bertz CT molecular complexity index is 861. The quantitative estimate of drug-likeness (QED) is 0.527. The van der Waals surface area contributed by atoms with Crippen molar-refractivity contribution in [3.05, 3.63) is 56.0 Å². The van der Waals surface area contributed by atoms with Crippen molar-refractivity contribution < 1.29 is 18.1 Å². The molecule has 1 heterocycles. The fraction of sp³-hybridized carbons (Fsp3) is 0.286. The third-order valence-electron chi connectivity index (χ3n) is 3.49. The van der Waals surface area contributed by atoms with Crippen LogP contribution in [-0.2, 0) is 6.18 Å². The summed E-state index contributed by atoms with van der Waals surface area (Å²) in [6.45, 7) is 0. The lowest BCUT2D eigenvalue weighted by atomic mass is 10.2. The second-order valence-electron chi connectivity index (χ2n) is 5.32. The van der Waals surface area contributed by atoms with Crippen LogP contribution in [0.5, 0.6) is 0 Å². The molecule has 1 aromatic carbocycles. The first-order valence-corrected chi connectivity index (χ1v) is 6.97. The van der Waals surface area contributed by atoms with E-state index in [9.17, 15) is 28.1 Å². The van der Waals surface area contributed by atoms with E-state index in [1.165, 1.54) is 12.1 Å². The Balaban J connectivity index is 2.08. The zero-order valence-corrected chi connectivity index (χ0v) is 12.1. The van der Waals surface area contributed by atoms with Gasteiger partial charge in [0.15, 0.2) is 5.69 Å². The molecule has 0 amide bonds. The maximum Gasteiger partial charge on any atom is 0.433 e. The van der Waals surface area contributed by atoms with Crippen LogP contribution >= 0.6 is 0 Å². The minimum atomic E-state index is -4.75. The van der Waals surface area contributed by atoms with E-state index < -0.39 is 27.9 Å². The Hall–Kier alpha value is -2.91. The molecule has 24 heavy (non-hydrogen) atoms. The molecule has 10 heteroatoms. The van der Waals surface area contributed by atoms with Gasteiger partial charge in [-0.3, -0.25) is 25.0 Å². The SMILES string of the molecule is O=c1c(C=NC2CC2)c(C(F)(F)F)[nH]n1-c1ccc([N+](=O)[O-])cc1. The number of alkyl halides is 3. The molecule has 0 aliphatic heterocycles. The molecule has 0 atom stereocenters. The first-order valence-electron chi connectivity index (χ1n) is 6.97. The van der Waals surface area contributed by atoms with Gasteiger partial charge in [0.25, 0.3) is 11.2 Å². The van der Waals surface area contributed by atoms with Gasteiger partial charge in [0.2, 0.25) is 0 Å². The highest BCUT2D eigenvalue weighted by molar-refractivity contribution is 5.81. The van der Waals surface area contributed by atoms with Gasteiger partial charge < -0.3 is 0 Å². The Morgan fingerprint density at radius 2 is 1.92 bits per heavy atom. The second kappa shape index (κ2) is 5.62. The van der Waals surface area contributed by atoms with Crippen LogP contribution in [0.1, 0.15) is 24.1 Å². The van der Waals surface area contributed by atoms with Crippen LogP contribution < -0.4 is 5.56 Å². The Labute approximate surface area is 132 Å². The smallest absolute Gasteiger partial charge is 0.289 e. The van der Waals surface area contributed by atoms with Gasteiger partial charge in [0.1, 0.15) is 0 Å². The maximum absolute atomic E-state index is 13.1. The Morgan fingerprint density at radius 3 is 2.42 bits per heavy atom. The number of aromatic amines is 1. The highest BCUT2D eigenvalue weighted by atomic mass is 19.4. The normalized spacial score (nSPS) is 15.1. The van der Waals surface area contributed by atoms with Gasteiger partial charge in [-0.05, 0) is 25.0 Å². The van der Waals surface area contributed by atoms with Gasteiger partial charge >= 0.3 is 6.18 Å². The molecular formula is C14H11F3N4O3. The zero-order chi connectivity index (χ0) is 17.5. The number of hydrogen-bond acceptors (Lipinski definition) is 4. The number of benzene rings is 1. The number of halogens is 3. The first kappa shape index (κ1) is 16.0. The summed E-state index contributed by atoms with van der Waals surface area (Å²) in [6.07, 6.45) is -2.23. The first-order chi connectivity index (χ1) is 11.3. The highest BCUT2D eigenvalue weighted by Gasteiger charge is 2.38. The molecule has 7 nitrogen and oxygen atoms in total. The van der Waals surface area contributed by atoms with Crippen molar-refractivity contribution in [2.24, 2.45) is 4.99 Å². The molecule has 0 bridgehead atoms. The number of aliphatic imine (C=N–C) groups is 1. The van der Waals surface area contributed by atoms with Crippen LogP contribution in [0.3, 0.4) is 0 Å². The molecule has 0 saturated heterocycles. The van der Waals surface area contributed by atoms with Crippen molar-refractivity contribution in [3.8, 4) is 5.69 Å². The summed E-state index contributed by atoms with van der Waals surface area (Å²) in [5.41, 5.74) is -2.87. The summed E-state index contributed by atoms with van der Waals surface area (Å²) in [5, 5.41) is 12.6. The van der Waals surface area contributed by atoms with Gasteiger partial charge in [0.05, 0.1) is 22.2 Å². The summed E-state index contributed by atoms with van der Waals surface area (Å²) in [4.78, 5) is 26.2. The minimum Gasteiger partial charge on any atom is -0.289 e. The number of nitro groups is 1. The van der Waals surface area contributed by atoms with E-state index in [1.54, 1.807) is 0 Å². The molecular weight excluding hydrogens is 329 g/mol. The van der Waals surface area contributed by atoms with Crippen LogP contribution in [0.15, 0.2) is 34.1 Å². The average Bonchev–Trinajstić information content (AvgIpc) is 3.27. The summed E-state index contributed by atoms with van der Waals surface area (Å²) in [6, 6.07) is 4.56. The molecule has 3 rings (SSSR count). The van der Waals surface area contributed by atoms with Crippen LogP contribution in [0.2, 0.25) is 0 Å². The molecule has 1 aromatic heterocycles. The zero-order valence-electron chi connectivity index (χ0n) is 12.1. The lowest BCUT2D eigenvalue weighted by Crippen LogP contribution is -2.17. The third-order valence-corrected chi connectivity index (χ3v) is 3.49. The van der Waals surface area contributed by atoms with E-state index in [4.69, 9.17) is 0 Å². The molecule has 0 unspecified atom stereocenters. The number of rotatable bonds is 4. The maximum atomic E-state index is 13.1. The molecule has 126 valence electrons. The van der Waals surface area contributed by atoms with Crippen LogP contribution in [-0.4, -0.2) is 27.0 Å². The lowest BCUT2D eigenvalue weighted by molar-refractivity contribution is -0.384. The van der Waals surface area contributed by atoms with E-state index in [1.807, 2.05) is 5.10 Å². The molecule has 1 aliphatic rings. The van der Waals surface area contributed by atoms with E-state index >= 15 is 0 Å². The summed E-state index contributed by atoms with van der Waals surface area (Å²) < 4.78 is 40.1. The molecule has 1 saturated carbocycles. The van der Waals surface area contributed by atoms with Crippen molar-refractivity contribution in [1.82, 2.24) is 9.78 Å². The van der Waals surface area contributed by atoms with Crippen molar-refractivity contribution in [2.45, 2.75) is 25.1 Å². The second-order valence-corrected chi connectivity index (χ2v) is 5.32. The summed E-state index contributed by atoms with van der Waals surface area (Å²) in [5.74, 6) is 0. The fourth-order valence-corrected chi connectivity index (χ4v) is 2.09. The van der Waals surface area contributed by atoms with E-state index in [-0.39, 0.29) is 17.4 Å². The fourth-order valence-electron chi connectivity index (χ4n) is 2.09. The number of nitrogens with zero attached hydrogens (tertiary/aromatic N) is 3. The van der Waals surface area contributed by atoms with Crippen LogP contribution in [0.4, 0.5) is 18.9 Å². The molecule has 1 aliphatic carbocycles. The van der Waals surface area contributed by atoms with Gasteiger partial charge in [-0.2, -0.15) is 13.2 Å². The standard InChI is InChI=1S/C14H11F3N4O3/c15-14(16,17)12-11(7-18-8-1-2-8)13(22)20(19-12)9-3-5-10(6-4-9)21(23)24/h3-8,19H,1-2H2. The lowest BCUT2D eigenvalue weighted by Gasteiger charge is -2.04. The number of nitro benzene ring substituents is 1. The van der Waals surface area contributed by atoms with E-state index in [2.05, 4.69) is 4.99 Å². The van der Waals surface area contributed by atoms with Crippen LogP contribution in [0, 0.1) is 10.1 Å². The molecule has 0 spiro atoms. The number of aromatic nitrogens is 2. The molecule has 0 radical (unpaired) electrons. The number of H-pyrrole nitrogens is 1. The average molecular weight is 340 g/mol. The number of non-ortho nitro benzene ring substituents is 1. The van der Waals surface area contributed by atoms with Crippen molar-refractivity contribution in [1.29, 1.82) is 0 Å². The summed E-state index contributed by atoms with van der Waals surface area (Å²) >= 11 is 0. The Morgan fingerprint density at radius 1 is 1.29 bits per heavy atom. The van der Waals surface area contributed by atoms with Crippen molar-refractivity contribution in [2.75, 3.05) is 0 Å². The van der Waals surface area contributed by atoms with Crippen molar-refractivity contribution >= 4 is 11.9 Å². The highest BCUT2D eigenvalue weighted by Crippen LogP contribution is 2.30. The van der Waals surface area contributed by atoms with E-state index in [0.29, 0.717) is 4.68 Å². The topological polar surface area (TPSA) is 93.3 Å².